The Morgan fingerprint density at radius 2 is 1.81 bits per heavy atom. The maximum atomic E-state index is 6.86. The quantitative estimate of drug-likeness (QED) is 0.890. The van der Waals surface area contributed by atoms with Crippen LogP contribution < -0.4 is 16.4 Å². The van der Waals surface area contributed by atoms with Crippen molar-refractivity contribution in [1.82, 2.24) is 9.78 Å². The van der Waals surface area contributed by atoms with Crippen LogP contribution in [0.15, 0.2) is 36.5 Å². The van der Waals surface area contributed by atoms with E-state index in [1.54, 1.807) is 0 Å². The molecule has 2 fully saturated rings. The number of anilines is 1. The van der Waals surface area contributed by atoms with Crippen LogP contribution in [0.25, 0.3) is 5.69 Å². The molecule has 5 nitrogen and oxygen atoms in total. The molecule has 1 saturated heterocycles. The minimum atomic E-state index is -0.191. The average molecular weight is 354 g/mol. The number of aryl methyl sites for hydroxylation is 1. The van der Waals surface area contributed by atoms with Crippen molar-refractivity contribution in [3.05, 3.63) is 42.2 Å². The van der Waals surface area contributed by atoms with E-state index < -0.39 is 0 Å². The summed E-state index contributed by atoms with van der Waals surface area (Å²) in [5, 5.41) is 4.49. The molecule has 0 bridgehead atoms. The molecule has 3 atom stereocenters. The van der Waals surface area contributed by atoms with Crippen molar-refractivity contribution in [3.8, 4) is 5.69 Å². The predicted octanol–water partition coefficient (Wildman–Crippen LogP) is 3.00. The third-order valence-corrected chi connectivity index (χ3v) is 6.45. The van der Waals surface area contributed by atoms with Crippen LogP contribution >= 0.6 is 0 Å². The summed E-state index contributed by atoms with van der Waals surface area (Å²) < 4.78 is 1.92. The minimum Gasteiger partial charge on any atom is -0.371 e. The minimum absolute atomic E-state index is 0.145. The standard InChI is InChI=1S/C21H31N5/c1-16-11-14-26(24-16)19-9-7-18(8-10-19)25-13-4-5-17(15-25)21(23)12-3-2-6-20(21)22/h7-11,14,17,20H,2-6,12-13,15,22-23H2,1H3/t17-,20?,21?/m0/s1. The lowest BCUT2D eigenvalue weighted by molar-refractivity contribution is 0.148. The Kier molecular flexibility index (Phi) is 4.76. The van der Waals surface area contributed by atoms with Gasteiger partial charge in [0.2, 0.25) is 0 Å². The van der Waals surface area contributed by atoms with E-state index in [4.69, 9.17) is 11.5 Å². The third kappa shape index (κ3) is 3.26. The molecule has 1 aliphatic heterocycles. The van der Waals surface area contributed by atoms with Crippen LogP contribution in [0.3, 0.4) is 0 Å². The lowest BCUT2D eigenvalue weighted by atomic mass is 9.68. The molecule has 0 radical (unpaired) electrons. The summed E-state index contributed by atoms with van der Waals surface area (Å²) in [6.07, 6.45) is 8.99. The van der Waals surface area contributed by atoms with E-state index in [9.17, 15) is 0 Å². The second-order valence-corrected chi connectivity index (χ2v) is 8.17. The normalized spacial score (nSPS) is 29.7. The number of hydrogen-bond donors (Lipinski definition) is 2. The summed E-state index contributed by atoms with van der Waals surface area (Å²) in [5.74, 6) is 0.486. The molecule has 1 aliphatic carbocycles. The number of hydrogen-bond acceptors (Lipinski definition) is 4. The van der Waals surface area contributed by atoms with Crippen molar-refractivity contribution in [2.24, 2.45) is 17.4 Å². The zero-order valence-corrected chi connectivity index (χ0v) is 15.8. The smallest absolute Gasteiger partial charge is 0.0647 e. The average Bonchev–Trinajstić information content (AvgIpc) is 3.11. The molecule has 2 unspecified atom stereocenters. The summed E-state index contributed by atoms with van der Waals surface area (Å²) in [6.45, 7) is 4.13. The first-order chi connectivity index (χ1) is 12.6. The fourth-order valence-corrected chi connectivity index (χ4v) is 4.78. The SMILES string of the molecule is Cc1ccn(-c2ccc(N3CCC[C@H](C4(N)CCCCC4N)C3)cc2)n1. The third-order valence-electron chi connectivity index (χ3n) is 6.45. The molecular formula is C21H31N5. The van der Waals surface area contributed by atoms with E-state index in [0.717, 1.165) is 37.3 Å². The Balaban J connectivity index is 1.49. The van der Waals surface area contributed by atoms with Crippen LogP contribution in [-0.2, 0) is 0 Å². The highest BCUT2D eigenvalue weighted by molar-refractivity contribution is 5.51. The van der Waals surface area contributed by atoms with Crippen molar-refractivity contribution in [2.45, 2.75) is 57.0 Å². The van der Waals surface area contributed by atoms with Gasteiger partial charge in [-0.1, -0.05) is 12.8 Å². The van der Waals surface area contributed by atoms with Gasteiger partial charge in [-0.15, -0.1) is 0 Å². The number of benzene rings is 1. The Bertz CT molecular complexity index is 737. The van der Waals surface area contributed by atoms with Gasteiger partial charge in [0.25, 0.3) is 0 Å². The molecule has 4 N–H and O–H groups in total. The zero-order chi connectivity index (χ0) is 18.1. The molecule has 1 aromatic carbocycles. The number of aromatic nitrogens is 2. The molecule has 140 valence electrons. The van der Waals surface area contributed by atoms with E-state index in [1.165, 1.54) is 31.4 Å². The van der Waals surface area contributed by atoms with Crippen LogP contribution in [0.2, 0.25) is 0 Å². The van der Waals surface area contributed by atoms with Crippen LogP contribution in [0.4, 0.5) is 5.69 Å². The Morgan fingerprint density at radius 3 is 2.50 bits per heavy atom. The van der Waals surface area contributed by atoms with E-state index in [-0.39, 0.29) is 11.6 Å². The van der Waals surface area contributed by atoms with Gasteiger partial charge in [0, 0.05) is 36.6 Å². The van der Waals surface area contributed by atoms with Gasteiger partial charge in [0.1, 0.15) is 0 Å². The molecule has 1 aromatic heterocycles. The van der Waals surface area contributed by atoms with E-state index in [1.807, 2.05) is 23.9 Å². The van der Waals surface area contributed by atoms with Crippen LogP contribution in [0.1, 0.15) is 44.2 Å². The van der Waals surface area contributed by atoms with Gasteiger partial charge in [-0.3, -0.25) is 0 Å². The highest BCUT2D eigenvalue weighted by Gasteiger charge is 2.43. The van der Waals surface area contributed by atoms with Crippen molar-refractivity contribution in [3.63, 3.8) is 0 Å². The summed E-state index contributed by atoms with van der Waals surface area (Å²) in [7, 11) is 0. The molecule has 1 saturated carbocycles. The molecule has 5 heteroatoms. The summed E-state index contributed by atoms with van der Waals surface area (Å²) in [6, 6.07) is 10.9. The molecule has 2 heterocycles. The van der Waals surface area contributed by atoms with Gasteiger partial charge in [0.15, 0.2) is 0 Å². The maximum Gasteiger partial charge on any atom is 0.0647 e. The molecule has 0 amide bonds. The van der Waals surface area contributed by atoms with Gasteiger partial charge >= 0.3 is 0 Å². The Morgan fingerprint density at radius 1 is 1.04 bits per heavy atom. The first-order valence-corrected chi connectivity index (χ1v) is 9.98. The lowest BCUT2D eigenvalue weighted by Crippen LogP contribution is -2.64. The van der Waals surface area contributed by atoms with E-state index in [2.05, 4.69) is 34.3 Å². The topological polar surface area (TPSA) is 73.1 Å². The maximum absolute atomic E-state index is 6.86. The fraction of sp³-hybridized carbons (Fsp3) is 0.571. The number of nitrogens with two attached hydrogens (primary N) is 2. The summed E-state index contributed by atoms with van der Waals surface area (Å²) >= 11 is 0. The summed E-state index contributed by atoms with van der Waals surface area (Å²) in [4.78, 5) is 2.49. The van der Waals surface area contributed by atoms with Crippen LogP contribution in [0, 0.1) is 12.8 Å². The zero-order valence-electron chi connectivity index (χ0n) is 15.8. The molecule has 26 heavy (non-hydrogen) atoms. The Hall–Kier alpha value is -1.85. The highest BCUT2D eigenvalue weighted by Crippen LogP contribution is 2.37. The first kappa shape index (κ1) is 17.6. The largest absolute Gasteiger partial charge is 0.371 e. The van der Waals surface area contributed by atoms with E-state index >= 15 is 0 Å². The molecule has 2 aliphatic rings. The van der Waals surface area contributed by atoms with Crippen LogP contribution in [-0.4, -0.2) is 34.5 Å². The van der Waals surface area contributed by atoms with Gasteiger partial charge in [0.05, 0.1) is 11.4 Å². The van der Waals surface area contributed by atoms with Crippen molar-refractivity contribution in [1.29, 1.82) is 0 Å². The van der Waals surface area contributed by atoms with Gasteiger partial charge < -0.3 is 16.4 Å². The number of piperidine rings is 1. The van der Waals surface area contributed by atoms with E-state index in [0.29, 0.717) is 5.92 Å². The van der Waals surface area contributed by atoms with Gasteiger partial charge in [-0.25, -0.2) is 4.68 Å². The molecule has 4 rings (SSSR count). The molecular weight excluding hydrogens is 322 g/mol. The van der Waals surface area contributed by atoms with Gasteiger partial charge in [-0.2, -0.15) is 5.10 Å². The van der Waals surface area contributed by atoms with Crippen molar-refractivity contribution >= 4 is 5.69 Å². The first-order valence-electron chi connectivity index (χ1n) is 9.98. The predicted molar refractivity (Wildman–Crippen MR) is 107 cm³/mol. The lowest BCUT2D eigenvalue weighted by Gasteiger charge is -2.49. The summed E-state index contributed by atoms with van der Waals surface area (Å²) in [5.41, 5.74) is 16.5. The second kappa shape index (κ2) is 7.05. The van der Waals surface area contributed by atoms with Gasteiger partial charge in [-0.05, 0) is 68.9 Å². The number of nitrogens with zero attached hydrogens (tertiary/aromatic N) is 3. The van der Waals surface area contributed by atoms with Crippen LogP contribution in [0.5, 0.6) is 0 Å². The Labute approximate surface area is 156 Å². The molecule has 2 aromatic rings. The number of rotatable bonds is 3. The highest BCUT2D eigenvalue weighted by atomic mass is 15.3. The molecule has 0 spiro atoms. The monoisotopic (exact) mass is 353 g/mol. The van der Waals surface area contributed by atoms with Crippen molar-refractivity contribution in [2.75, 3.05) is 18.0 Å². The fourth-order valence-electron chi connectivity index (χ4n) is 4.78. The van der Waals surface area contributed by atoms with Crippen molar-refractivity contribution < 1.29 is 0 Å². The second-order valence-electron chi connectivity index (χ2n) is 8.17.